The fourth-order valence-electron chi connectivity index (χ4n) is 0.907. The average Bonchev–Trinajstić information content (AvgIpc) is 2.16. The van der Waals surface area contributed by atoms with Gasteiger partial charge in [-0.1, -0.05) is 0 Å². The van der Waals surface area contributed by atoms with E-state index < -0.39 is 4.92 Å². The van der Waals surface area contributed by atoms with E-state index in [0.29, 0.717) is 12.6 Å². The molecule has 0 aliphatic heterocycles. The molecular formula is C8H5NO4. The minimum atomic E-state index is -0.668. The van der Waals surface area contributed by atoms with Crippen LogP contribution in [-0.2, 0) is 0 Å². The van der Waals surface area contributed by atoms with E-state index in [2.05, 4.69) is 0 Å². The molecular weight excluding hydrogens is 174 g/mol. The van der Waals surface area contributed by atoms with Gasteiger partial charge in [0.05, 0.1) is 10.5 Å². The van der Waals surface area contributed by atoms with Crippen LogP contribution in [-0.4, -0.2) is 17.5 Å². The van der Waals surface area contributed by atoms with Crippen LogP contribution in [0.5, 0.6) is 0 Å². The molecule has 0 aromatic heterocycles. The smallest absolute Gasteiger partial charge is 0.279 e. The standard InChI is InChI=1S/C8H5NO4/c10-4-6-1-2-8(9(12)13)7(3-6)5-11/h1-5H. The molecule has 0 aliphatic rings. The topological polar surface area (TPSA) is 77.3 Å². The van der Waals surface area contributed by atoms with Crippen molar-refractivity contribution >= 4 is 18.3 Å². The number of nitro benzene ring substituents is 1. The lowest BCUT2D eigenvalue weighted by Crippen LogP contribution is -1.95. The minimum absolute atomic E-state index is 0.0883. The lowest BCUT2D eigenvalue weighted by molar-refractivity contribution is -0.385. The number of benzene rings is 1. The Kier molecular flexibility index (Phi) is 2.49. The van der Waals surface area contributed by atoms with E-state index in [4.69, 9.17) is 0 Å². The molecule has 0 aliphatic carbocycles. The molecule has 0 bridgehead atoms. The van der Waals surface area contributed by atoms with Crippen LogP contribution in [0, 0.1) is 10.1 Å². The van der Waals surface area contributed by atoms with Gasteiger partial charge in [0.15, 0.2) is 6.29 Å². The molecule has 1 rings (SSSR count). The highest BCUT2D eigenvalue weighted by Crippen LogP contribution is 2.16. The van der Waals surface area contributed by atoms with Gasteiger partial charge in [-0.05, 0) is 12.1 Å². The van der Waals surface area contributed by atoms with Crippen molar-refractivity contribution in [3.05, 3.63) is 39.4 Å². The first-order valence-corrected chi connectivity index (χ1v) is 3.38. The molecule has 0 N–H and O–H groups in total. The van der Waals surface area contributed by atoms with E-state index in [1.165, 1.54) is 12.1 Å². The number of nitro groups is 1. The predicted octanol–water partition coefficient (Wildman–Crippen LogP) is 1.22. The molecule has 0 saturated heterocycles. The Bertz CT molecular complexity index is 372. The second-order valence-electron chi connectivity index (χ2n) is 2.31. The monoisotopic (exact) mass is 179 g/mol. The minimum Gasteiger partial charge on any atom is -0.298 e. The van der Waals surface area contributed by atoms with Gasteiger partial charge in [-0.15, -0.1) is 0 Å². The zero-order chi connectivity index (χ0) is 9.84. The van der Waals surface area contributed by atoms with Crippen molar-refractivity contribution in [3.8, 4) is 0 Å². The molecule has 0 fully saturated rings. The van der Waals surface area contributed by atoms with Crippen LogP contribution in [0.4, 0.5) is 5.69 Å². The van der Waals surface area contributed by atoms with Gasteiger partial charge < -0.3 is 0 Å². The molecule has 0 unspecified atom stereocenters. The van der Waals surface area contributed by atoms with Crippen LogP contribution in [0.25, 0.3) is 0 Å². The molecule has 13 heavy (non-hydrogen) atoms. The Hall–Kier alpha value is -2.04. The van der Waals surface area contributed by atoms with Crippen LogP contribution in [0.15, 0.2) is 18.2 Å². The molecule has 0 saturated carbocycles. The summed E-state index contributed by atoms with van der Waals surface area (Å²) in [5.41, 5.74) is -0.136. The van der Waals surface area contributed by atoms with Gasteiger partial charge in [-0.25, -0.2) is 0 Å². The summed E-state index contributed by atoms with van der Waals surface area (Å²) >= 11 is 0. The molecule has 1 aromatic carbocycles. The largest absolute Gasteiger partial charge is 0.298 e. The van der Waals surface area contributed by atoms with E-state index in [0.717, 1.165) is 6.07 Å². The summed E-state index contributed by atoms with van der Waals surface area (Å²) in [6.07, 6.45) is 0.877. The molecule has 5 heteroatoms. The molecule has 0 spiro atoms. The maximum absolute atomic E-state index is 10.4. The number of carbonyl (C=O) groups is 2. The van der Waals surface area contributed by atoms with Gasteiger partial charge in [0.25, 0.3) is 5.69 Å². The molecule has 5 nitrogen and oxygen atoms in total. The lowest BCUT2D eigenvalue weighted by Gasteiger charge is -1.95. The van der Waals surface area contributed by atoms with E-state index in [1.54, 1.807) is 0 Å². The molecule has 66 valence electrons. The number of rotatable bonds is 3. The zero-order valence-electron chi connectivity index (χ0n) is 6.47. The van der Waals surface area contributed by atoms with Crippen LogP contribution < -0.4 is 0 Å². The van der Waals surface area contributed by atoms with Crippen molar-refractivity contribution in [2.45, 2.75) is 0 Å². The highest BCUT2D eigenvalue weighted by atomic mass is 16.6. The van der Waals surface area contributed by atoms with Gasteiger partial charge in [0.1, 0.15) is 6.29 Å². The molecule has 0 atom stereocenters. The maximum Gasteiger partial charge on any atom is 0.279 e. The zero-order valence-corrected chi connectivity index (χ0v) is 6.47. The van der Waals surface area contributed by atoms with Gasteiger partial charge in [0.2, 0.25) is 0 Å². The summed E-state index contributed by atoms with van der Waals surface area (Å²) in [5, 5.41) is 10.3. The normalized spacial score (nSPS) is 9.23. The fourth-order valence-corrected chi connectivity index (χ4v) is 0.907. The lowest BCUT2D eigenvalue weighted by atomic mass is 10.1. The Morgan fingerprint density at radius 1 is 1.23 bits per heavy atom. The summed E-state index contributed by atoms with van der Waals surface area (Å²) < 4.78 is 0. The van der Waals surface area contributed by atoms with E-state index in [9.17, 15) is 19.7 Å². The number of hydrogen-bond donors (Lipinski definition) is 0. The average molecular weight is 179 g/mol. The van der Waals surface area contributed by atoms with Gasteiger partial charge in [-0.3, -0.25) is 19.7 Å². The molecule has 0 radical (unpaired) electrons. The summed E-state index contributed by atoms with van der Waals surface area (Å²) in [7, 11) is 0. The summed E-state index contributed by atoms with van der Waals surface area (Å²) in [4.78, 5) is 30.3. The first-order chi connectivity index (χ1) is 6.19. The summed E-state index contributed by atoms with van der Waals surface area (Å²) in [6, 6.07) is 3.60. The van der Waals surface area contributed by atoms with Crippen molar-refractivity contribution in [2.75, 3.05) is 0 Å². The highest BCUT2D eigenvalue weighted by Gasteiger charge is 2.12. The summed E-state index contributed by atoms with van der Waals surface area (Å²) in [6.45, 7) is 0. The Morgan fingerprint density at radius 3 is 2.38 bits per heavy atom. The number of carbonyl (C=O) groups excluding carboxylic acids is 2. The van der Waals surface area contributed by atoms with E-state index in [1.807, 2.05) is 0 Å². The van der Waals surface area contributed by atoms with E-state index >= 15 is 0 Å². The van der Waals surface area contributed by atoms with Crippen molar-refractivity contribution in [2.24, 2.45) is 0 Å². The quantitative estimate of drug-likeness (QED) is 0.397. The van der Waals surface area contributed by atoms with Crippen molar-refractivity contribution in [1.29, 1.82) is 0 Å². The molecule has 0 amide bonds. The number of nitrogens with zero attached hydrogens (tertiary/aromatic N) is 1. The maximum atomic E-state index is 10.4. The van der Waals surface area contributed by atoms with Gasteiger partial charge in [0, 0.05) is 11.6 Å². The van der Waals surface area contributed by atoms with Crippen molar-refractivity contribution < 1.29 is 14.5 Å². The first-order valence-electron chi connectivity index (χ1n) is 3.38. The second kappa shape index (κ2) is 3.57. The van der Waals surface area contributed by atoms with E-state index in [-0.39, 0.29) is 16.8 Å². The van der Waals surface area contributed by atoms with Crippen LogP contribution in [0.1, 0.15) is 20.7 Å². The Labute approximate surface area is 73.1 Å². The fraction of sp³-hybridized carbons (Fsp3) is 0. The number of hydrogen-bond acceptors (Lipinski definition) is 4. The van der Waals surface area contributed by atoms with Crippen LogP contribution in [0.2, 0.25) is 0 Å². The second-order valence-corrected chi connectivity index (χ2v) is 2.31. The Morgan fingerprint density at radius 2 is 1.92 bits per heavy atom. The van der Waals surface area contributed by atoms with Crippen molar-refractivity contribution in [1.82, 2.24) is 0 Å². The van der Waals surface area contributed by atoms with Gasteiger partial charge in [-0.2, -0.15) is 0 Å². The SMILES string of the molecule is O=Cc1ccc([N+](=O)[O-])c(C=O)c1. The third-order valence-electron chi connectivity index (χ3n) is 1.51. The number of aldehydes is 2. The van der Waals surface area contributed by atoms with Crippen LogP contribution >= 0.6 is 0 Å². The van der Waals surface area contributed by atoms with Gasteiger partial charge >= 0.3 is 0 Å². The molecule has 0 heterocycles. The Balaban J connectivity index is 3.31. The molecule has 1 aromatic rings. The van der Waals surface area contributed by atoms with Crippen LogP contribution in [0.3, 0.4) is 0 Å². The first kappa shape index (κ1) is 9.05. The third kappa shape index (κ3) is 1.76. The predicted molar refractivity (Wildman–Crippen MR) is 43.9 cm³/mol. The van der Waals surface area contributed by atoms with Crippen molar-refractivity contribution in [3.63, 3.8) is 0 Å². The summed E-state index contributed by atoms with van der Waals surface area (Å²) in [5.74, 6) is 0. The third-order valence-corrected chi connectivity index (χ3v) is 1.51. The highest BCUT2D eigenvalue weighted by molar-refractivity contribution is 5.86.